The van der Waals surface area contributed by atoms with Gasteiger partial charge in [-0.05, 0) is 63.7 Å². The van der Waals surface area contributed by atoms with Gasteiger partial charge in [0.25, 0.3) is 0 Å². The first-order valence-electron chi connectivity index (χ1n) is 20.7. The second-order valence-corrected chi connectivity index (χ2v) is 14.1. The average Bonchev–Trinajstić information content (AvgIpc) is 3.12. The van der Waals surface area contributed by atoms with Crippen LogP contribution in [0.15, 0.2) is 48.6 Å². The summed E-state index contributed by atoms with van der Waals surface area (Å²) in [6.45, 7) is 4.66. The zero-order valence-electron chi connectivity index (χ0n) is 32.5. The zero-order chi connectivity index (χ0) is 36.6. The Kier molecular flexibility index (Phi) is 37.9. The van der Waals surface area contributed by atoms with Crippen LogP contribution in [0.1, 0.15) is 187 Å². The van der Waals surface area contributed by atoms with Gasteiger partial charge in [-0.15, -0.1) is 0 Å². The van der Waals surface area contributed by atoms with Crippen LogP contribution in [0.25, 0.3) is 0 Å². The Labute approximate surface area is 308 Å². The summed E-state index contributed by atoms with van der Waals surface area (Å²) >= 11 is 0. The van der Waals surface area contributed by atoms with Crippen molar-refractivity contribution < 1.29 is 29.3 Å². The molecular formula is C44H78O6. The lowest BCUT2D eigenvalue weighted by molar-refractivity contribution is -0.152. The summed E-state index contributed by atoms with van der Waals surface area (Å²) in [6, 6.07) is 0. The van der Waals surface area contributed by atoms with Crippen molar-refractivity contribution in [3.63, 3.8) is 0 Å². The van der Waals surface area contributed by atoms with Gasteiger partial charge in [-0.25, -0.2) is 0 Å². The number of aliphatic hydroxyl groups is 2. The molecule has 6 heteroatoms. The van der Waals surface area contributed by atoms with Crippen LogP contribution in [-0.2, 0) is 19.1 Å². The normalized spacial score (nSPS) is 13.3. The second kappa shape index (κ2) is 39.6. The highest BCUT2D eigenvalue weighted by molar-refractivity contribution is 5.69. The van der Waals surface area contributed by atoms with E-state index >= 15 is 0 Å². The van der Waals surface area contributed by atoms with Crippen LogP contribution in [0.3, 0.4) is 0 Å². The summed E-state index contributed by atoms with van der Waals surface area (Å²) in [7, 11) is 0. The number of unbranched alkanes of at least 4 members (excludes halogenated alkanes) is 17. The molecule has 6 nitrogen and oxygen atoms in total. The number of rotatable bonds is 37. The molecule has 0 radical (unpaired) electrons. The second-order valence-electron chi connectivity index (χ2n) is 14.1. The van der Waals surface area contributed by atoms with Crippen molar-refractivity contribution >= 4 is 11.9 Å². The Morgan fingerprint density at radius 2 is 0.900 bits per heavy atom. The largest absolute Gasteiger partial charge is 0.463 e. The molecule has 0 aliphatic carbocycles. The molecule has 2 N–H and O–H groups in total. The van der Waals surface area contributed by atoms with Crippen molar-refractivity contribution in [2.75, 3.05) is 19.8 Å². The van der Waals surface area contributed by atoms with Gasteiger partial charge in [-0.1, -0.05) is 165 Å². The number of hydrogen-bond donors (Lipinski definition) is 2. The predicted molar refractivity (Wildman–Crippen MR) is 211 cm³/mol. The van der Waals surface area contributed by atoms with Gasteiger partial charge in [-0.3, -0.25) is 9.59 Å². The number of esters is 2. The van der Waals surface area contributed by atoms with E-state index in [-0.39, 0.29) is 25.2 Å². The van der Waals surface area contributed by atoms with E-state index in [1.54, 1.807) is 0 Å². The van der Waals surface area contributed by atoms with E-state index in [1.165, 1.54) is 83.5 Å². The Bertz CT molecular complexity index is 861. The molecular weight excluding hydrogens is 624 g/mol. The van der Waals surface area contributed by atoms with Gasteiger partial charge < -0.3 is 19.7 Å². The molecule has 0 aromatic rings. The van der Waals surface area contributed by atoms with Gasteiger partial charge in [-0.2, -0.15) is 0 Å². The molecule has 0 heterocycles. The van der Waals surface area contributed by atoms with E-state index < -0.39 is 6.10 Å². The van der Waals surface area contributed by atoms with E-state index in [1.807, 2.05) is 0 Å². The van der Waals surface area contributed by atoms with Crippen LogP contribution in [0, 0.1) is 5.92 Å². The molecule has 0 saturated carbocycles. The molecule has 0 bridgehead atoms. The van der Waals surface area contributed by atoms with Gasteiger partial charge in [0.2, 0.25) is 0 Å². The molecule has 0 amide bonds. The van der Waals surface area contributed by atoms with E-state index in [0.717, 1.165) is 76.5 Å². The van der Waals surface area contributed by atoms with Crippen LogP contribution >= 0.6 is 0 Å². The Morgan fingerprint density at radius 3 is 1.36 bits per heavy atom. The standard InChI is InChI=1S/C44H78O6/c1-3-41(2)35-31-27-23-19-15-11-8-9-13-17-21-25-29-33-37-44(48)50-40-42(46)39-49-43(47)36-32-28-24-20-16-12-7-5-4-6-10-14-18-22-26-30-34-38-45/h4,6-7,12,14,18,20,24,41-42,45-46H,3,5,8-11,13,15-17,19,21-23,25-40H2,1-2H3/b6-4-,12-7-,18-14-,24-20-/t41?,42-/m1/s1. The molecule has 2 atom stereocenters. The number of allylic oxidation sites excluding steroid dienone is 8. The summed E-state index contributed by atoms with van der Waals surface area (Å²) in [5.41, 5.74) is 0. The molecule has 0 aliphatic heterocycles. The topological polar surface area (TPSA) is 93.1 Å². The highest BCUT2D eigenvalue weighted by Gasteiger charge is 2.12. The number of ether oxygens (including phenoxy) is 2. The monoisotopic (exact) mass is 703 g/mol. The fourth-order valence-corrected chi connectivity index (χ4v) is 5.62. The number of aliphatic hydroxyl groups excluding tert-OH is 2. The lowest BCUT2D eigenvalue weighted by atomic mass is 9.99. The van der Waals surface area contributed by atoms with Crippen molar-refractivity contribution in [1.82, 2.24) is 0 Å². The first-order chi connectivity index (χ1) is 24.5. The maximum atomic E-state index is 12.0. The Balaban J connectivity index is 3.52. The summed E-state index contributed by atoms with van der Waals surface area (Å²) in [6.07, 6.45) is 46.1. The highest BCUT2D eigenvalue weighted by Crippen LogP contribution is 2.16. The van der Waals surface area contributed by atoms with Crippen molar-refractivity contribution in [2.45, 2.75) is 193 Å². The van der Waals surface area contributed by atoms with Crippen LogP contribution < -0.4 is 0 Å². The maximum absolute atomic E-state index is 12.0. The van der Waals surface area contributed by atoms with Crippen molar-refractivity contribution in [3.05, 3.63) is 48.6 Å². The van der Waals surface area contributed by atoms with E-state index in [4.69, 9.17) is 14.6 Å². The SMILES string of the molecule is CCC(C)CCCCCCCCCCCCCCCCC(=O)OC[C@H](O)COC(=O)CCC/C=C\C/C=C\C/C=C\C/C=C\CCCCCO. The fourth-order valence-electron chi connectivity index (χ4n) is 5.62. The minimum atomic E-state index is -0.992. The molecule has 1 unspecified atom stereocenters. The van der Waals surface area contributed by atoms with Crippen LogP contribution in [0.5, 0.6) is 0 Å². The van der Waals surface area contributed by atoms with E-state index in [0.29, 0.717) is 25.9 Å². The lowest BCUT2D eigenvalue weighted by Crippen LogP contribution is -2.25. The minimum Gasteiger partial charge on any atom is -0.463 e. The molecule has 0 fully saturated rings. The lowest BCUT2D eigenvalue weighted by Gasteiger charge is -2.12. The summed E-state index contributed by atoms with van der Waals surface area (Å²) in [5, 5.41) is 18.8. The van der Waals surface area contributed by atoms with E-state index in [2.05, 4.69) is 62.5 Å². The molecule has 0 aromatic carbocycles. The van der Waals surface area contributed by atoms with Crippen molar-refractivity contribution in [2.24, 2.45) is 5.92 Å². The van der Waals surface area contributed by atoms with Gasteiger partial charge in [0.15, 0.2) is 0 Å². The molecule has 290 valence electrons. The summed E-state index contributed by atoms with van der Waals surface area (Å²) in [5.74, 6) is 0.258. The minimum absolute atomic E-state index is 0.139. The van der Waals surface area contributed by atoms with E-state index in [9.17, 15) is 14.7 Å². The average molecular weight is 703 g/mol. The Morgan fingerprint density at radius 1 is 0.520 bits per heavy atom. The predicted octanol–water partition coefficient (Wildman–Crippen LogP) is 11.8. The molecule has 0 saturated heterocycles. The third-order valence-corrected chi connectivity index (χ3v) is 9.16. The highest BCUT2D eigenvalue weighted by atomic mass is 16.6. The van der Waals surface area contributed by atoms with Crippen LogP contribution in [0.4, 0.5) is 0 Å². The molecule has 0 rings (SSSR count). The molecule has 0 aliphatic rings. The van der Waals surface area contributed by atoms with Crippen LogP contribution in [-0.4, -0.2) is 48.1 Å². The third-order valence-electron chi connectivity index (χ3n) is 9.16. The smallest absolute Gasteiger partial charge is 0.305 e. The van der Waals surface area contributed by atoms with Crippen LogP contribution in [0.2, 0.25) is 0 Å². The summed E-state index contributed by atoms with van der Waals surface area (Å²) < 4.78 is 10.3. The van der Waals surface area contributed by atoms with Crippen molar-refractivity contribution in [3.8, 4) is 0 Å². The maximum Gasteiger partial charge on any atom is 0.305 e. The third kappa shape index (κ3) is 38.6. The van der Waals surface area contributed by atoms with Gasteiger partial charge >= 0.3 is 11.9 Å². The van der Waals surface area contributed by atoms with Gasteiger partial charge in [0.05, 0.1) is 0 Å². The van der Waals surface area contributed by atoms with Gasteiger partial charge in [0, 0.05) is 19.4 Å². The first kappa shape index (κ1) is 47.8. The summed E-state index contributed by atoms with van der Waals surface area (Å²) in [4.78, 5) is 23.9. The Hall–Kier alpha value is -2.18. The number of carbonyl (C=O) groups is 2. The zero-order valence-corrected chi connectivity index (χ0v) is 32.5. The quantitative estimate of drug-likeness (QED) is 0.0380. The number of hydrogen-bond acceptors (Lipinski definition) is 6. The van der Waals surface area contributed by atoms with Gasteiger partial charge in [0.1, 0.15) is 19.3 Å². The molecule has 0 spiro atoms. The fraction of sp³-hybridized carbons (Fsp3) is 0.773. The molecule has 0 aromatic heterocycles. The number of carbonyl (C=O) groups excluding carboxylic acids is 2. The van der Waals surface area contributed by atoms with Crippen molar-refractivity contribution in [1.29, 1.82) is 0 Å². The first-order valence-corrected chi connectivity index (χ1v) is 20.7. The molecule has 50 heavy (non-hydrogen) atoms.